The summed E-state index contributed by atoms with van der Waals surface area (Å²) in [5, 5.41) is -0.435. The summed E-state index contributed by atoms with van der Waals surface area (Å²) in [5.41, 5.74) is -1.25. The van der Waals surface area contributed by atoms with Crippen molar-refractivity contribution in [3.63, 3.8) is 0 Å². The van der Waals surface area contributed by atoms with Crippen molar-refractivity contribution in [3.8, 4) is 0 Å². The van der Waals surface area contributed by atoms with Crippen molar-refractivity contribution >= 4 is 14.7 Å². The number of halogens is 5. The summed E-state index contributed by atoms with van der Waals surface area (Å²) in [4.78, 5) is 11.7. The lowest BCUT2D eigenvalue weighted by Gasteiger charge is -2.24. The van der Waals surface area contributed by atoms with Gasteiger partial charge in [-0.05, 0) is 12.5 Å². The molecule has 0 heterocycles. The average molecular weight is 373 g/mol. The molecule has 1 aromatic rings. The normalized spacial score (nSPS) is 11.7. The van der Waals surface area contributed by atoms with Crippen molar-refractivity contribution in [2.75, 3.05) is 27.9 Å². The molecular formula is C13H16F5NO4Si. The number of benzene rings is 1. The topological polar surface area (TPSA) is 48.0 Å². The molecule has 0 spiro atoms. The number of hydrogen-bond donors (Lipinski definition) is 0. The van der Waals surface area contributed by atoms with Crippen LogP contribution in [0.5, 0.6) is 0 Å². The second kappa shape index (κ2) is 8.51. The van der Waals surface area contributed by atoms with Crippen LogP contribution in [0.1, 0.15) is 16.8 Å². The van der Waals surface area contributed by atoms with Crippen LogP contribution in [0.25, 0.3) is 0 Å². The molecule has 0 radical (unpaired) electrons. The van der Waals surface area contributed by atoms with E-state index in [2.05, 4.69) is 0 Å². The van der Waals surface area contributed by atoms with Crippen molar-refractivity contribution in [1.29, 1.82) is 0 Å². The highest BCUT2D eigenvalue weighted by Crippen LogP contribution is 2.21. The first-order valence-corrected chi connectivity index (χ1v) is 8.62. The van der Waals surface area contributed by atoms with E-state index in [-0.39, 0.29) is 18.5 Å². The molecule has 5 nitrogen and oxygen atoms in total. The smallest absolute Gasteiger partial charge is 0.377 e. The van der Waals surface area contributed by atoms with E-state index in [0.29, 0.717) is 0 Å². The Morgan fingerprint density at radius 1 is 1.04 bits per heavy atom. The maximum Gasteiger partial charge on any atom is 0.500 e. The predicted octanol–water partition coefficient (Wildman–Crippen LogP) is 2.84. The van der Waals surface area contributed by atoms with Gasteiger partial charge in [0.05, 0.1) is 12.1 Å². The number of carbonyl (C=O) groups excluding carboxylic acids is 1. The van der Waals surface area contributed by atoms with Gasteiger partial charge < -0.3 is 13.3 Å². The highest BCUT2D eigenvalue weighted by molar-refractivity contribution is 6.60. The van der Waals surface area contributed by atoms with Crippen LogP contribution in [0.4, 0.5) is 22.0 Å². The standard InChI is InChI=1S/C13H16F5NO4Si/c1-21-24(22-2,23-3)6-4-5-19(18)13(20)8-7-9(14)11(16)12(17)10(8)15/h7H,4-6H2,1-3H3. The molecule has 1 amide bonds. The van der Waals surface area contributed by atoms with Crippen molar-refractivity contribution in [2.24, 2.45) is 0 Å². The molecule has 0 unspecified atom stereocenters. The first kappa shape index (κ1) is 20.5. The molecule has 0 bridgehead atoms. The number of rotatable bonds is 8. The van der Waals surface area contributed by atoms with Crippen molar-refractivity contribution in [1.82, 2.24) is 5.12 Å². The third-order valence-electron chi connectivity index (χ3n) is 3.32. The Bertz CT molecular complexity index is 592. The van der Waals surface area contributed by atoms with Gasteiger partial charge >= 0.3 is 8.80 Å². The molecule has 1 aromatic carbocycles. The highest BCUT2D eigenvalue weighted by Gasteiger charge is 2.37. The Morgan fingerprint density at radius 2 is 1.58 bits per heavy atom. The van der Waals surface area contributed by atoms with E-state index in [9.17, 15) is 26.8 Å². The lowest BCUT2D eigenvalue weighted by Crippen LogP contribution is -2.43. The second-order valence-corrected chi connectivity index (χ2v) is 7.73. The molecule has 24 heavy (non-hydrogen) atoms. The zero-order valence-electron chi connectivity index (χ0n) is 13.2. The van der Waals surface area contributed by atoms with E-state index in [4.69, 9.17) is 13.3 Å². The van der Waals surface area contributed by atoms with E-state index >= 15 is 0 Å². The molecule has 0 saturated heterocycles. The predicted molar refractivity (Wildman–Crippen MR) is 74.6 cm³/mol. The molecule has 0 fully saturated rings. The molecule has 11 heteroatoms. The molecule has 1 rings (SSSR count). The van der Waals surface area contributed by atoms with E-state index in [0.717, 1.165) is 0 Å². The summed E-state index contributed by atoms with van der Waals surface area (Å²) in [7, 11) is 1.05. The number of amides is 1. The molecule has 0 aliphatic rings. The van der Waals surface area contributed by atoms with Gasteiger partial charge in [-0.25, -0.2) is 17.6 Å². The van der Waals surface area contributed by atoms with E-state index < -0.39 is 55.2 Å². The minimum absolute atomic E-state index is 0.0117. The van der Waals surface area contributed by atoms with E-state index in [1.165, 1.54) is 21.3 Å². The molecule has 0 aliphatic heterocycles. The van der Waals surface area contributed by atoms with Crippen LogP contribution < -0.4 is 0 Å². The van der Waals surface area contributed by atoms with Gasteiger partial charge in [0, 0.05) is 27.4 Å². The van der Waals surface area contributed by atoms with Crippen LogP contribution in [0.2, 0.25) is 6.04 Å². The molecule has 0 N–H and O–H groups in total. The largest absolute Gasteiger partial charge is 0.500 e. The third kappa shape index (κ3) is 4.29. The lowest BCUT2D eigenvalue weighted by atomic mass is 10.1. The summed E-state index contributed by atoms with van der Waals surface area (Å²) < 4.78 is 81.6. The minimum atomic E-state index is -2.98. The van der Waals surface area contributed by atoms with E-state index in [1.54, 1.807) is 0 Å². The molecule has 0 atom stereocenters. The summed E-state index contributed by atoms with van der Waals surface area (Å²) in [5.74, 6) is -9.65. The summed E-state index contributed by atoms with van der Waals surface area (Å²) in [6.07, 6.45) is 0.0117. The zero-order valence-corrected chi connectivity index (χ0v) is 14.2. The lowest BCUT2D eigenvalue weighted by molar-refractivity contribution is 0.0180. The van der Waals surface area contributed by atoms with Crippen LogP contribution in [0.15, 0.2) is 6.07 Å². The molecular weight excluding hydrogens is 357 g/mol. The zero-order chi connectivity index (χ0) is 18.5. The Hall–Kier alpha value is -1.56. The molecule has 136 valence electrons. The van der Waals surface area contributed by atoms with Crippen molar-refractivity contribution in [2.45, 2.75) is 12.5 Å². The van der Waals surface area contributed by atoms with Gasteiger partial charge in [-0.15, -0.1) is 0 Å². The maximum atomic E-state index is 13.8. The number of nitrogens with zero attached hydrogens (tertiary/aromatic N) is 1. The first-order chi connectivity index (χ1) is 11.2. The first-order valence-electron chi connectivity index (χ1n) is 6.69. The number of hydrogen-bond acceptors (Lipinski definition) is 4. The van der Waals surface area contributed by atoms with Crippen LogP contribution in [-0.2, 0) is 13.3 Å². The van der Waals surface area contributed by atoms with Crippen LogP contribution in [-0.4, -0.2) is 47.7 Å². The Balaban J connectivity index is 2.80. The van der Waals surface area contributed by atoms with Gasteiger partial charge in [0.2, 0.25) is 0 Å². The fourth-order valence-corrected chi connectivity index (χ4v) is 3.65. The quantitative estimate of drug-likeness (QED) is 0.231. The maximum absolute atomic E-state index is 13.8. The van der Waals surface area contributed by atoms with Gasteiger partial charge in [0.1, 0.15) is 0 Å². The van der Waals surface area contributed by atoms with Crippen molar-refractivity contribution < 1.29 is 40.1 Å². The van der Waals surface area contributed by atoms with Gasteiger partial charge in [-0.2, -0.15) is 5.12 Å². The number of carbonyl (C=O) groups is 1. The Kier molecular flexibility index (Phi) is 7.26. The Labute approximate surface area is 136 Å². The highest BCUT2D eigenvalue weighted by atomic mass is 28.4. The Morgan fingerprint density at radius 3 is 2.08 bits per heavy atom. The molecule has 0 saturated carbocycles. The third-order valence-corrected chi connectivity index (χ3v) is 6.16. The van der Waals surface area contributed by atoms with Gasteiger partial charge in [0.25, 0.3) is 5.91 Å². The summed E-state index contributed by atoms with van der Waals surface area (Å²) in [6, 6.07) is 0.236. The fraction of sp³-hybridized carbons (Fsp3) is 0.462. The van der Waals surface area contributed by atoms with E-state index in [1.807, 2.05) is 0 Å². The SMILES string of the molecule is CO[Si](CCCN(F)C(=O)c1cc(F)c(F)c(F)c1F)(OC)OC. The monoisotopic (exact) mass is 373 g/mol. The van der Waals surface area contributed by atoms with Gasteiger partial charge in [-0.3, -0.25) is 4.79 Å². The summed E-state index contributed by atoms with van der Waals surface area (Å²) >= 11 is 0. The minimum Gasteiger partial charge on any atom is -0.377 e. The van der Waals surface area contributed by atoms with Gasteiger partial charge in [0.15, 0.2) is 23.3 Å². The molecule has 0 aliphatic carbocycles. The van der Waals surface area contributed by atoms with Crippen LogP contribution >= 0.6 is 0 Å². The van der Waals surface area contributed by atoms with Crippen LogP contribution in [0.3, 0.4) is 0 Å². The van der Waals surface area contributed by atoms with Crippen LogP contribution in [0, 0.1) is 23.3 Å². The van der Waals surface area contributed by atoms with Gasteiger partial charge in [-0.1, -0.05) is 4.48 Å². The summed E-state index contributed by atoms with van der Waals surface area (Å²) in [6.45, 7) is -0.538. The fourth-order valence-electron chi connectivity index (χ4n) is 1.95. The average Bonchev–Trinajstić information content (AvgIpc) is 2.59. The van der Waals surface area contributed by atoms with Crippen molar-refractivity contribution in [3.05, 3.63) is 34.9 Å². The second-order valence-electron chi connectivity index (χ2n) is 4.64. The molecule has 0 aromatic heterocycles.